The molecule has 0 heterocycles. The van der Waals surface area contributed by atoms with Crippen LogP contribution < -0.4 is 5.73 Å². The zero-order valence-corrected chi connectivity index (χ0v) is 8.12. The van der Waals surface area contributed by atoms with Crippen LogP contribution in [0, 0.1) is 5.41 Å². The smallest absolute Gasteiger partial charge is 0.434 e. The van der Waals surface area contributed by atoms with Crippen LogP contribution in [0.1, 0.15) is 20.8 Å². The van der Waals surface area contributed by atoms with Gasteiger partial charge in [-0.25, -0.2) is 4.79 Å². The molecule has 0 spiro atoms. The second-order valence-corrected chi connectivity index (χ2v) is 3.16. The summed E-state index contributed by atoms with van der Waals surface area (Å²) in [6.45, 7) is 5.10. The fraction of sp³-hybridized carbons (Fsp3) is 0.750. The first kappa shape index (κ1) is 11.9. The molecule has 13 heavy (non-hydrogen) atoms. The monoisotopic (exact) mass is 189 g/mol. The molecule has 0 radical (unpaired) electrons. The van der Waals surface area contributed by atoms with Crippen molar-refractivity contribution in [3.05, 3.63) is 0 Å². The van der Waals surface area contributed by atoms with E-state index in [1.54, 1.807) is 20.8 Å². The number of esters is 1. The Kier molecular flexibility index (Phi) is 4.40. The van der Waals surface area contributed by atoms with Crippen molar-refractivity contribution in [2.45, 2.75) is 20.8 Å². The van der Waals surface area contributed by atoms with Gasteiger partial charge in [0.2, 0.25) is 0 Å². The van der Waals surface area contributed by atoms with Crippen LogP contribution in [0.25, 0.3) is 0 Å². The Balaban J connectivity index is 4.07. The minimum atomic E-state index is -0.978. The number of hydrogen-bond acceptors (Lipinski definition) is 5. The van der Waals surface area contributed by atoms with Crippen molar-refractivity contribution in [2.75, 3.05) is 13.2 Å². The van der Waals surface area contributed by atoms with Crippen LogP contribution in [-0.2, 0) is 14.3 Å². The molecule has 0 aliphatic carbocycles. The Hall–Kier alpha value is -1.10. The van der Waals surface area contributed by atoms with E-state index in [1.165, 1.54) is 0 Å². The largest absolute Gasteiger partial charge is 0.516 e. The van der Waals surface area contributed by atoms with Crippen LogP contribution >= 0.6 is 0 Å². The molecule has 5 nitrogen and oxygen atoms in total. The third-order valence-electron chi connectivity index (χ3n) is 1.50. The van der Waals surface area contributed by atoms with Crippen molar-refractivity contribution < 1.29 is 19.1 Å². The quantitative estimate of drug-likeness (QED) is 0.521. The van der Waals surface area contributed by atoms with Gasteiger partial charge >= 0.3 is 12.1 Å². The van der Waals surface area contributed by atoms with E-state index in [-0.39, 0.29) is 13.2 Å². The summed E-state index contributed by atoms with van der Waals surface area (Å²) in [5, 5.41) is 0. The lowest BCUT2D eigenvalue weighted by Gasteiger charge is -2.18. The third kappa shape index (κ3) is 3.89. The van der Waals surface area contributed by atoms with Gasteiger partial charge in [-0.05, 0) is 20.8 Å². The lowest BCUT2D eigenvalue weighted by Crippen LogP contribution is -2.35. The van der Waals surface area contributed by atoms with Crippen molar-refractivity contribution in [1.82, 2.24) is 0 Å². The van der Waals surface area contributed by atoms with Gasteiger partial charge in [0.05, 0.1) is 12.0 Å². The number of ether oxygens (including phenoxy) is 2. The highest BCUT2D eigenvalue weighted by atomic mass is 16.7. The van der Waals surface area contributed by atoms with E-state index in [9.17, 15) is 9.59 Å². The van der Waals surface area contributed by atoms with E-state index in [4.69, 9.17) is 5.73 Å². The van der Waals surface area contributed by atoms with Gasteiger partial charge in [-0.15, -0.1) is 0 Å². The molecule has 0 bridgehead atoms. The molecular formula is C8H15NO4. The Labute approximate surface area is 77.2 Å². The van der Waals surface area contributed by atoms with Crippen LogP contribution in [0.5, 0.6) is 0 Å². The minimum absolute atomic E-state index is 0.116. The minimum Gasteiger partial charge on any atom is -0.434 e. The van der Waals surface area contributed by atoms with Crippen molar-refractivity contribution in [2.24, 2.45) is 11.1 Å². The first-order chi connectivity index (χ1) is 5.94. The summed E-state index contributed by atoms with van der Waals surface area (Å²) in [6, 6.07) is 0. The lowest BCUT2D eigenvalue weighted by molar-refractivity contribution is -0.149. The molecule has 5 heteroatoms. The molecule has 0 aromatic carbocycles. The van der Waals surface area contributed by atoms with Crippen LogP contribution in [-0.4, -0.2) is 25.3 Å². The van der Waals surface area contributed by atoms with Gasteiger partial charge in [-0.1, -0.05) is 0 Å². The van der Waals surface area contributed by atoms with Crippen LogP contribution in [0.2, 0.25) is 0 Å². The second kappa shape index (κ2) is 4.81. The average molecular weight is 189 g/mol. The maximum Gasteiger partial charge on any atom is 0.516 e. The number of carbonyl (C=O) groups is 2. The number of rotatable bonds is 3. The Morgan fingerprint density at radius 1 is 1.38 bits per heavy atom. The molecule has 0 amide bonds. The van der Waals surface area contributed by atoms with Crippen LogP contribution in [0.4, 0.5) is 4.79 Å². The molecule has 76 valence electrons. The average Bonchev–Trinajstić information content (AvgIpc) is 2.04. The van der Waals surface area contributed by atoms with E-state index >= 15 is 0 Å². The molecule has 0 aliphatic rings. The Morgan fingerprint density at radius 3 is 2.31 bits per heavy atom. The summed E-state index contributed by atoms with van der Waals surface area (Å²) >= 11 is 0. The molecule has 0 aliphatic heterocycles. The SMILES string of the molecule is CCOC(=O)OC(=O)C(C)(C)CN. The van der Waals surface area contributed by atoms with Crippen molar-refractivity contribution in [3.8, 4) is 0 Å². The summed E-state index contributed by atoms with van der Waals surface area (Å²) in [7, 11) is 0. The topological polar surface area (TPSA) is 78.6 Å². The van der Waals surface area contributed by atoms with Crippen LogP contribution in [0.15, 0.2) is 0 Å². The summed E-state index contributed by atoms with van der Waals surface area (Å²) in [4.78, 5) is 21.9. The second-order valence-electron chi connectivity index (χ2n) is 3.16. The van der Waals surface area contributed by atoms with E-state index in [0.717, 1.165) is 0 Å². The molecule has 2 N–H and O–H groups in total. The predicted molar refractivity (Wildman–Crippen MR) is 45.9 cm³/mol. The maximum atomic E-state index is 11.2. The van der Waals surface area contributed by atoms with Crippen molar-refractivity contribution >= 4 is 12.1 Å². The van der Waals surface area contributed by atoms with E-state index in [1.807, 2.05) is 0 Å². The molecule has 0 saturated heterocycles. The molecule has 0 aromatic heterocycles. The zero-order valence-electron chi connectivity index (χ0n) is 8.12. The maximum absolute atomic E-state index is 11.2. The molecule has 0 rings (SSSR count). The Bertz CT molecular complexity index is 200. The summed E-state index contributed by atoms with van der Waals surface area (Å²) in [5.74, 6) is -0.673. The van der Waals surface area contributed by atoms with Gasteiger partial charge in [0.15, 0.2) is 0 Å². The standard InChI is InChI=1S/C8H15NO4/c1-4-12-7(11)13-6(10)8(2,3)5-9/h4-5,9H2,1-3H3. The number of nitrogens with two attached hydrogens (primary N) is 1. The number of carbonyl (C=O) groups excluding carboxylic acids is 2. The van der Waals surface area contributed by atoms with Gasteiger partial charge in [-0.3, -0.25) is 4.79 Å². The van der Waals surface area contributed by atoms with Gasteiger partial charge in [0.25, 0.3) is 0 Å². The highest BCUT2D eigenvalue weighted by Crippen LogP contribution is 2.14. The summed E-state index contributed by atoms with van der Waals surface area (Å²) < 4.78 is 8.80. The van der Waals surface area contributed by atoms with E-state index < -0.39 is 17.5 Å². The summed E-state index contributed by atoms with van der Waals surface area (Å²) in [6.07, 6.45) is -0.978. The normalized spacial score (nSPS) is 10.8. The molecule has 0 aromatic rings. The Morgan fingerprint density at radius 2 is 1.92 bits per heavy atom. The van der Waals surface area contributed by atoms with Crippen molar-refractivity contribution in [3.63, 3.8) is 0 Å². The van der Waals surface area contributed by atoms with E-state index in [0.29, 0.717) is 0 Å². The first-order valence-electron chi connectivity index (χ1n) is 4.03. The highest BCUT2D eigenvalue weighted by Gasteiger charge is 2.30. The fourth-order valence-electron chi connectivity index (χ4n) is 0.444. The van der Waals surface area contributed by atoms with Crippen molar-refractivity contribution in [1.29, 1.82) is 0 Å². The third-order valence-corrected chi connectivity index (χ3v) is 1.50. The lowest BCUT2D eigenvalue weighted by atomic mass is 9.94. The fourth-order valence-corrected chi connectivity index (χ4v) is 0.444. The van der Waals surface area contributed by atoms with Gasteiger partial charge in [0, 0.05) is 6.54 Å². The van der Waals surface area contributed by atoms with E-state index in [2.05, 4.69) is 9.47 Å². The van der Waals surface area contributed by atoms with Gasteiger partial charge in [0.1, 0.15) is 0 Å². The molecular weight excluding hydrogens is 174 g/mol. The van der Waals surface area contributed by atoms with Gasteiger partial charge in [-0.2, -0.15) is 0 Å². The first-order valence-corrected chi connectivity index (χ1v) is 4.03. The highest BCUT2D eigenvalue weighted by molar-refractivity contribution is 5.85. The summed E-state index contributed by atoms with van der Waals surface area (Å²) in [5.41, 5.74) is 4.45. The molecule has 0 fully saturated rings. The molecule has 0 atom stereocenters. The van der Waals surface area contributed by atoms with Gasteiger partial charge < -0.3 is 15.2 Å². The number of hydrogen-bond donors (Lipinski definition) is 1. The molecule has 0 saturated carbocycles. The van der Waals surface area contributed by atoms with Crippen LogP contribution in [0.3, 0.4) is 0 Å². The predicted octanol–water partition coefficient (Wildman–Crippen LogP) is 0.671. The molecule has 0 unspecified atom stereocenters. The zero-order chi connectivity index (χ0) is 10.5.